The zero-order chi connectivity index (χ0) is 36.9. The molecule has 0 amide bonds. The second-order valence-electron chi connectivity index (χ2n) is 12.4. The summed E-state index contributed by atoms with van der Waals surface area (Å²) in [6, 6.07) is 16.5. The molecule has 51 heavy (non-hydrogen) atoms. The van der Waals surface area contributed by atoms with Crippen LogP contribution < -0.4 is 20.1 Å². The van der Waals surface area contributed by atoms with Gasteiger partial charge in [0.1, 0.15) is 30.8 Å². The van der Waals surface area contributed by atoms with E-state index in [2.05, 4.69) is 21.7 Å². The molecule has 2 aromatic carbocycles. The van der Waals surface area contributed by atoms with Gasteiger partial charge in [0.15, 0.2) is 9.93 Å². The summed E-state index contributed by atoms with van der Waals surface area (Å²) < 4.78 is 17.5. The van der Waals surface area contributed by atoms with Gasteiger partial charge in [0.25, 0.3) is 0 Å². The van der Waals surface area contributed by atoms with Crippen molar-refractivity contribution in [1.82, 2.24) is 15.6 Å². The molecule has 274 valence electrons. The highest BCUT2D eigenvalue weighted by molar-refractivity contribution is 6.55. The summed E-state index contributed by atoms with van der Waals surface area (Å²) in [6.45, 7) is 1.76. The van der Waals surface area contributed by atoms with Gasteiger partial charge in [0.05, 0.1) is 42.0 Å². The molecule has 14 heteroatoms. The largest absolute Gasteiger partial charge is 0.488 e. The lowest BCUT2D eigenvalue weighted by atomic mass is 9.85. The summed E-state index contributed by atoms with van der Waals surface area (Å²) in [7, 11) is 0. The Balaban J connectivity index is 1.62. The second kappa shape index (κ2) is 19.0. The van der Waals surface area contributed by atoms with Crippen LogP contribution in [0.4, 0.5) is 0 Å². The van der Waals surface area contributed by atoms with Gasteiger partial charge in [-0.25, -0.2) is 0 Å². The van der Waals surface area contributed by atoms with E-state index in [1.165, 1.54) is 6.20 Å². The molecule has 3 aromatic rings. The highest BCUT2D eigenvalue weighted by atomic mass is 35.5. The molecule has 1 aliphatic rings. The van der Waals surface area contributed by atoms with Crippen LogP contribution in [0.5, 0.6) is 11.5 Å². The molecule has 1 unspecified atom stereocenters. The van der Waals surface area contributed by atoms with Crippen molar-refractivity contribution >= 4 is 40.4 Å². The lowest BCUT2D eigenvalue weighted by Crippen LogP contribution is -2.53. The maximum absolute atomic E-state index is 9.82. The van der Waals surface area contributed by atoms with Gasteiger partial charge in [-0.1, -0.05) is 77.3 Å². The van der Waals surface area contributed by atoms with Gasteiger partial charge in [-0.05, 0) is 49.2 Å². The molecule has 0 saturated carbocycles. The minimum absolute atomic E-state index is 0.0741. The number of nitrogens with zero attached hydrogens (tertiary/aromatic N) is 2. The lowest BCUT2D eigenvalue weighted by molar-refractivity contribution is -0.0412. The molecule has 0 saturated heterocycles. The van der Waals surface area contributed by atoms with Crippen LogP contribution in [-0.2, 0) is 17.9 Å². The van der Waals surface area contributed by atoms with Gasteiger partial charge >= 0.3 is 0 Å². The van der Waals surface area contributed by atoms with Crippen LogP contribution in [0, 0.1) is 11.3 Å². The standard InChI is InChI=1S/C37H43Cl3N4O7/c1-35(23-46,24-47)44-19-29-14-32(38)34(15-33(29)49-22-27-13-26(16-41)17-43-18-27)50-25-36(51-12-6-11-42-20-30(48)21-45)10-5-9-31(37(36,39)40)28-7-3-2-4-8-28/h2-5,7-10,13-15,17-18,30,42,44-48H,6,11-12,19-25H2,1H3/t30?,36-/m0/s1. The van der Waals surface area contributed by atoms with E-state index in [0.29, 0.717) is 41.0 Å². The molecule has 6 N–H and O–H groups in total. The van der Waals surface area contributed by atoms with Gasteiger partial charge in [-0.2, -0.15) is 5.26 Å². The zero-order valence-corrected chi connectivity index (χ0v) is 30.5. The number of ether oxygens (including phenoxy) is 3. The Kier molecular flexibility index (Phi) is 15.1. The Morgan fingerprint density at radius 3 is 2.51 bits per heavy atom. The number of nitriles is 1. The third kappa shape index (κ3) is 10.7. The first-order chi connectivity index (χ1) is 24.5. The molecule has 1 aliphatic carbocycles. The van der Waals surface area contributed by atoms with Crippen molar-refractivity contribution in [3.63, 3.8) is 0 Å². The minimum atomic E-state index is -1.61. The van der Waals surface area contributed by atoms with Crippen LogP contribution >= 0.6 is 34.8 Å². The SMILES string of the molecule is CC(CO)(CO)NCc1cc(Cl)c(OC[C@@]2(OCCCNCC(O)CO)C=CC=C(c3ccccc3)C2(Cl)Cl)cc1OCc1cncc(C#N)c1. The van der Waals surface area contributed by atoms with Crippen LogP contribution in [-0.4, -0.2) is 93.1 Å². The molecule has 1 aromatic heterocycles. The van der Waals surface area contributed by atoms with E-state index in [-0.39, 0.29) is 63.5 Å². The smallest absolute Gasteiger partial charge is 0.179 e. The summed E-state index contributed by atoms with van der Waals surface area (Å²) >= 11 is 21.3. The Morgan fingerprint density at radius 2 is 1.80 bits per heavy atom. The Bertz CT molecular complexity index is 1680. The summed E-state index contributed by atoms with van der Waals surface area (Å²) in [5.41, 5.74) is 0.724. The molecule has 0 fully saturated rings. The van der Waals surface area contributed by atoms with Crippen molar-refractivity contribution in [2.75, 3.05) is 46.1 Å². The number of allylic oxidation sites excluding steroid dienone is 2. The number of hydrogen-bond donors (Lipinski definition) is 6. The lowest BCUT2D eigenvalue weighted by Gasteiger charge is -2.43. The number of nitrogens with one attached hydrogen (secondary N) is 2. The maximum Gasteiger partial charge on any atom is 0.179 e. The van der Waals surface area contributed by atoms with E-state index < -0.39 is 21.6 Å². The van der Waals surface area contributed by atoms with E-state index in [4.69, 9.17) is 54.1 Å². The predicted molar refractivity (Wildman–Crippen MR) is 197 cm³/mol. The molecule has 0 radical (unpaired) electrons. The number of rotatable bonds is 20. The van der Waals surface area contributed by atoms with Gasteiger partial charge in [0, 0.05) is 49.3 Å². The number of pyridine rings is 1. The van der Waals surface area contributed by atoms with Crippen LogP contribution in [0.15, 0.2) is 79.2 Å². The second-order valence-corrected chi connectivity index (χ2v) is 14.1. The van der Waals surface area contributed by atoms with Crippen molar-refractivity contribution in [3.8, 4) is 17.6 Å². The van der Waals surface area contributed by atoms with Crippen LogP contribution in [0.1, 0.15) is 35.6 Å². The average molecular weight is 762 g/mol. The molecular weight excluding hydrogens is 719 g/mol. The summed E-state index contributed by atoms with van der Waals surface area (Å²) in [5.74, 6) is 0.642. The fourth-order valence-electron chi connectivity index (χ4n) is 5.14. The van der Waals surface area contributed by atoms with E-state index in [9.17, 15) is 20.6 Å². The van der Waals surface area contributed by atoms with Crippen molar-refractivity contribution in [3.05, 3.63) is 106 Å². The minimum Gasteiger partial charge on any atom is -0.488 e. The van der Waals surface area contributed by atoms with E-state index in [1.807, 2.05) is 42.5 Å². The van der Waals surface area contributed by atoms with Gasteiger partial charge < -0.3 is 45.3 Å². The van der Waals surface area contributed by atoms with E-state index >= 15 is 0 Å². The van der Waals surface area contributed by atoms with Crippen molar-refractivity contribution in [2.24, 2.45) is 0 Å². The number of aliphatic hydroxyl groups excluding tert-OH is 4. The maximum atomic E-state index is 9.82. The van der Waals surface area contributed by atoms with E-state index in [0.717, 1.165) is 5.56 Å². The average Bonchev–Trinajstić information content (AvgIpc) is 3.15. The highest BCUT2D eigenvalue weighted by Crippen LogP contribution is 2.50. The van der Waals surface area contributed by atoms with Crippen LogP contribution in [0.25, 0.3) is 5.57 Å². The summed E-state index contributed by atoms with van der Waals surface area (Å²) in [5, 5.41) is 54.1. The quantitative estimate of drug-likeness (QED) is 0.0717. The third-order valence-corrected chi connectivity index (χ3v) is 9.65. The van der Waals surface area contributed by atoms with Crippen molar-refractivity contribution < 1.29 is 34.6 Å². The Labute approximate surface area is 313 Å². The summed E-state index contributed by atoms with van der Waals surface area (Å²) in [6.07, 6.45) is 8.13. The topological polar surface area (TPSA) is 169 Å². The molecule has 1 heterocycles. The molecular formula is C37H43Cl3N4O7. The van der Waals surface area contributed by atoms with Gasteiger partial charge in [-0.3, -0.25) is 4.98 Å². The Hall–Kier alpha value is -3.25. The molecule has 11 nitrogen and oxygen atoms in total. The zero-order valence-electron chi connectivity index (χ0n) is 28.2. The van der Waals surface area contributed by atoms with Crippen LogP contribution in [0.2, 0.25) is 5.02 Å². The predicted octanol–water partition coefficient (Wildman–Crippen LogP) is 4.31. The van der Waals surface area contributed by atoms with Gasteiger partial charge in [0.2, 0.25) is 0 Å². The molecule has 4 rings (SSSR count). The number of alkyl halides is 2. The number of hydrogen-bond acceptors (Lipinski definition) is 11. The number of benzene rings is 2. The number of halogens is 3. The highest BCUT2D eigenvalue weighted by Gasteiger charge is 2.54. The first kappa shape index (κ1) is 40.5. The fourth-order valence-corrected chi connectivity index (χ4v) is 6.07. The Morgan fingerprint density at radius 1 is 1.04 bits per heavy atom. The molecule has 0 bridgehead atoms. The van der Waals surface area contributed by atoms with Gasteiger partial charge in [-0.15, -0.1) is 0 Å². The summed E-state index contributed by atoms with van der Waals surface area (Å²) in [4.78, 5) is 4.10. The monoisotopic (exact) mass is 760 g/mol. The first-order valence-electron chi connectivity index (χ1n) is 16.4. The number of aromatic nitrogens is 1. The van der Waals surface area contributed by atoms with Crippen molar-refractivity contribution in [1.29, 1.82) is 5.26 Å². The normalized spacial score (nSPS) is 17.4. The molecule has 0 spiro atoms. The number of aliphatic hydroxyl groups is 4. The fraction of sp³-hybridized carbons (Fsp3) is 0.405. The van der Waals surface area contributed by atoms with E-state index in [1.54, 1.807) is 37.4 Å². The molecule has 0 aliphatic heterocycles. The van der Waals surface area contributed by atoms with Crippen molar-refractivity contribution in [2.45, 2.75) is 48.1 Å². The molecule has 2 atom stereocenters. The third-order valence-electron chi connectivity index (χ3n) is 8.31. The first-order valence-corrected chi connectivity index (χ1v) is 17.5. The van der Waals surface area contributed by atoms with Crippen LogP contribution in [0.3, 0.4) is 0 Å².